The summed E-state index contributed by atoms with van der Waals surface area (Å²) in [5.74, 6) is 0.745. The molecule has 0 bridgehead atoms. The molecular weight excluding hydrogens is 252 g/mol. The molecule has 0 spiro atoms. The van der Waals surface area contributed by atoms with Gasteiger partial charge in [0.1, 0.15) is 12.1 Å². The van der Waals surface area contributed by atoms with Crippen molar-refractivity contribution in [2.24, 2.45) is 11.8 Å². The van der Waals surface area contributed by atoms with Gasteiger partial charge in [0.2, 0.25) is 11.8 Å². The molecule has 2 aliphatic rings. The van der Waals surface area contributed by atoms with Crippen LogP contribution in [0.25, 0.3) is 0 Å². The third-order valence-corrected chi connectivity index (χ3v) is 4.54. The first-order chi connectivity index (χ1) is 9.41. The van der Waals surface area contributed by atoms with Crippen LogP contribution >= 0.6 is 0 Å². The standard InChI is InChI=1S/C16H28N2O2/c1-10(2)9-13-15(19)17-14(11(3)4)16(20)18(13)12-7-5-6-8-12/h10-14H,5-9H2,1-4H3,(H,17,19). The van der Waals surface area contributed by atoms with Crippen molar-refractivity contribution in [3.63, 3.8) is 0 Å². The van der Waals surface area contributed by atoms with Crippen molar-refractivity contribution in [3.8, 4) is 0 Å². The average Bonchev–Trinajstić information content (AvgIpc) is 2.86. The van der Waals surface area contributed by atoms with Gasteiger partial charge in [-0.3, -0.25) is 9.59 Å². The van der Waals surface area contributed by atoms with E-state index in [2.05, 4.69) is 19.2 Å². The highest BCUT2D eigenvalue weighted by molar-refractivity contribution is 5.97. The minimum Gasteiger partial charge on any atom is -0.342 e. The van der Waals surface area contributed by atoms with Crippen LogP contribution in [0.1, 0.15) is 59.8 Å². The van der Waals surface area contributed by atoms with Gasteiger partial charge in [-0.1, -0.05) is 40.5 Å². The zero-order valence-corrected chi connectivity index (χ0v) is 13.2. The molecule has 1 heterocycles. The summed E-state index contributed by atoms with van der Waals surface area (Å²) >= 11 is 0. The fourth-order valence-corrected chi connectivity index (χ4v) is 3.49. The topological polar surface area (TPSA) is 49.4 Å². The molecule has 0 aromatic carbocycles. The smallest absolute Gasteiger partial charge is 0.246 e. The van der Waals surface area contributed by atoms with E-state index in [0.717, 1.165) is 19.3 Å². The van der Waals surface area contributed by atoms with E-state index in [1.165, 1.54) is 12.8 Å². The Kier molecular flexibility index (Phi) is 4.71. The molecule has 2 atom stereocenters. The van der Waals surface area contributed by atoms with Crippen LogP contribution in [0.4, 0.5) is 0 Å². The molecule has 1 saturated carbocycles. The Balaban J connectivity index is 2.25. The van der Waals surface area contributed by atoms with Gasteiger partial charge >= 0.3 is 0 Å². The van der Waals surface area contributed by atoms with Crippen molar-refractivity contribution in [2.75, 3.05) is 0 Å². The Labute approximate surface area is 122 Å². The maximum absolute atomic E-state index is 12.8. The molecule has 2 fully saturated rings. The molecule has 20 heavy (non-hydrogen) atoms. The summed E-state index contributed by atoms with van der Waals surface area (Å²) in [6, 6.07) is -0.328. The first kappa shape index (κ1) is 15.3. The molecule has 2 unspecified atom stereocenters. The molecular formula is C16H28N2O2. The Morgan fingerprint density at radius 2 is 1.75 bits per heavy atom. The van der Waals surface area contributed by atoms with Gasteiger partial charge in [0.15, 0.2) is 0 Å². The molecule has 2 rings (SSSR count). The van der Waals surface area contributed by atoms with Gasteiger partial charge in [0.05, 0.1) is 0 Å². The summed E-state index contributed by atoms with van der Waals surface area (Å²) in [4.78, 5) is 27.2. The highest BCUT2D eigenvalue weighted by Gasteiger charge is 2.45. The second-order valence-corrected chi connectivity index (χ2v) is 7.06. The second-order valence-electron chi connectivity index (χ2n) is 7.06. The number of hydrogen-bond donors (Lipinski definition) is 1. The van der Waals surface area contributed by atoms with Crippen molar-refractivity contribution in [2.45, 2.75) is 77.9 Å². The lowest BCUT2D eigenvalue weighted by molar-refractivity contribution is -0.154. The van der Waals surface area contributed by atoms with Gasteiger partial charge in [-0.15, -0.1) is 0 Å². The van der Waals surface area contributed by atoms with Crippen molar-refractivity contribution >= 4 is 11.8 Å². The minimum atomic E-state index is -0.341. The van der Waals surface area contributed by atoms with E-state index in [1.54, 1.807) is 0 Å². The van der Waals surface area contributed by atoms with E-state index in [1.807, 2.05) is 18.7 Å². The summed E-state index contributed by atoms with van der Waals surface area (Å²) in [6.45, 7) is 8.22. The maximum Gasteiger partial charge on any atom is 0.246 e. The summed E-state index contributed by atoms with van der Waals surface area (Å²) in [5.41, 5.74) is 0. The molecule has 114 valence electrons. The monoisotopic (exact) mass is 280 g/mol. The Bertz CT molecular complexity index is 373. The number of rotatable bonds is 4. The summed E-state index contributed by atoms with van der Waals surface area (Å²) in [6.07, 6.45) is 5.23. The molecule has 2 amide bonds. The molecule has 1 aliphatic heterocycles. The van der Waals surface area contributed by atoms with Crippen molar-refractivity contribution in [3.05, 3.63) is 0 Å². The highest BCUT2D eigenvalue weighted by atomic mass is 16.2. The molecule has 1 N–H and O–H groups in total. The van der Waals surface area contributed by atoms with Gasteiger partial charge in [0, 0.05) is 6.04 Å². The van der Waals surface area contributed by atoms with Crippen LogP contribution in [-0.4, -0.2) is 34.8 Å². The van der Waals surface area contributed by atoms with E-state index in [0.29, 0.717) is 5.92 Å². The normalized spacial score (nSPS) is 28.6. The van der Waals surface area contributed by atoms with Crippen LogP contribution in [0.2, 0.25) is 0 Å². The molecule has 0 aromatic heterocycles. The largest absolute Gasteiger partial charge is 0.342 e. The van der Waals surface area contributed by atoms with E-state index in [4.69, 9.17) is 0 Å². The van der Waals surface area contributed by atoms with Crippen molar-refractivity contribution in [1.82, 2.24) is 10.2 Å². The van der Waals surface area contributed by atoms with E-state index in [-0.39, 0.29) is 35.9 Å². The fourth-order valence-electron chi connectivity index (χ4n) is 3.49. The first-order valence-electron chi connectivity index (χ1n) is 8.04. The maximum atomic E-state index is 12.8. The number of nitrogens with zero attached hydrogens (tertiary/aromatic N) is 1. The molecule has 1 aliphatic carbocycles. The van der Waals surface area contributed by atoms with Crippen molar-refractivity contribution < 1.29 is 9.59 Å². The minimum absolute atomic E-state index is 0.0453. The predicted octanol–water partition coefficient (Wildman–Crippen LogP) is 2.33. The Hall–Kier alpha value is -1.06. The molecule has 0 radical (unpaired) electrons. The fraction of sp³-hybridized carbons (Fsp3) is 0.875. The highest BCUT2D eigenvalue weighted by Crippen LogP contribution is 2.30. The van der Waals surface area contributed by atoms with Crippen LogP contribution in [0, 0.1) is 11.8 Å². The summed E-state index contributed by atoms with van der Waals surface area (Å²) in [7, 11) is 0. The predicted molar refractivity (Wildman–Crippen MR) is 79.1 cm³/mol. The first-order valence-corrected chi connectivity index (χ1v) is 8.04. The molecule has 4 nitrogen and oxygen atoms in total. The van der Waals surface area contributed by atoms with Gasteiger partial charge in [-0.2, -0.15) is 0 Å². The summed E-state index contributed by atoms with van der Waals surface area (Å²) < 4.78 is 0. The molecule has 0 aromatic rings. The lowest BCUT2D eigenvalue weighted by Gasteiger charge is -2.44. The zero-order valence-electron chi connectivity index (χ0n) is 13.2. The Morgan fingerprint density at radius 3 is 2.25 bits per heavy atom. The lowest BCUT2D eigenvalue weighted by atomic mass is 9.92. The van der Waals surface area contributed by atoms with Crippen molar-refractivity contribution in [1.29, 1.82) is 0 Å². The van der Waals surface area contributed by atoms with Crippen LogP contribution in [0.5, 0.6) is 0 Å². The number of nitrogens with one attached hydrogen (secondary N) is 1. The quantitative estimate of drug-likeness (QED) is 0.859. The number of hydrogen-bond acceptors (Lipinski definition) is 2. The van der Waals surface area contributed by atoms with Crippen LogP contribution < -0.4 is 5.32 Å². The third-order valence-electron chi connectivity index (χ3n) is 4.54. The third kappa shape index (κ3) is 2.99. The van der Waals surface area contributed by atoms with Gasteiger partial charge in [-0.05, 0) is 31.1 Å². The number of piperazine rings is 1. The average molecular weight is 280 g/mol. The number of amides is 2. The molecule has 4 heteroatoms. The van der Waals surface area contributed by atoms with Gasteiger partial charge in [0.25, 0.3) is 0 Å². The van der Waals surface area contributed by atoms with E-state index >= 15 is 0 Å². The van der Waals surface area contributed by atoms with Crippen LogP contribution in [0.15, 0.2) is 0 Å². The van der Waals surface area contributed by atoms with Crippen LogP contribution in [0.3, 0.4) is 0 Å². The summed E-state index contributed by atoms with van der Waals surface area (Å²) in [5, 5.41) is 2.94. The second kappa shape index (κ2) is 6.15. The van der Waals surface area contributed by atoms with E-state index < -0.39 is 0 Å². The van der Waals surface area contributed by atoms with Gasteiger partial charge < -0.3 is 10.2 Å². The van der Waals surface area contributed by atoms with E-state index in [9.17, 15) is 9.59 Å². The number of carbonyl (C=O) groups excluding carboxylic acids is 2. The Morgan fingerprint density at radius 1 is 1.15 bits per heavy atom. The number of carbonyl (C=O) groups is 2. The van der Waals surface area contributed by atoms with Crippen LogP contribution in [-0.2, 0) is 9.59 Å². The SMILES string of the molecule is CC(C)CC1C(=O)NC(C(C)C)C(=O)N1C1CCCC1. The lowest BCUT2D eigenvalue weighted by Crippen LogP contribution is -2.66. The zero-order chi connectivity index (χ0) is 14.9. The van der Waals surface area contributed by atoms with Gasteiger partial charge in [-0.25, -0.2) is 0 Å². The molecule has 1 saturated heterocycles.